The van der Waals surface area contributed by atoms with Gasteiger partial charge in [-0.2, -0.15) is 0 Å². The van der Waals surface area contributed by atoms with Crippen molar-refractivity contribution in [3.8, 4) is 0 Å². The highest BCUT2D eigenvalue weighted by molar-refractivity contribution is 7.98. The maximum atomic E-state index is 13.9. The van der Waals surface area contributed by atoms with Crippen LogP contribution in [0.1, 0.15) is 22.8 Å². The first-order valence-electron chi connectivity index (χ1n) is 12.4. The van der Waals surface area contributed by atoms with Crippen LogP contribution in [0.3, 0.4) is 0 Å². The molecule has 0 aliphatic carbocycles. The normalized spacial score (nSPS) is 11.4. The van der Waals surface area contributed by atoms with Gasteiger partial charge in [0.15, 0.2) is 5.13 Å². The summed E-state index contributed by atoms with van der Waals surface area (Å²) >= 11 is 3.13. The van der Waals surface area contributed by atoms with Gasteiger partial charge in [0, 0.05) is 17.0 Å². The van der Waals surface area contributed by atoms with Crippen molar-refractivity contribution >= 4 is 60.1 Å². The van der Waals surface area contributed by atoms with E-state index in [1.807, 2.05) is 54.8 Å². The van der Waals surface area contributed by atoms with Crippen molar-refractivity contribution in [2.45, 2.75) is 23.3 Å². The molecule has 0 bridgehead atoms. The average molecular weight is 574 g/mol. The molecule has 4 aromatic carbocycles. The van der Waals surface area contributed by atoms with Gasteiger partial charge in [-0.15, -0.1) is 11.8 Å². The highest BCUT2D eigenvalue weighted by Crippen LogP contribution is 2.33. The van der Waals surface area contributed by atoms with Crippen LogP contribution < -0.4 is 9.21 Å². The molecule has 0 spiro atoms. The van der Waals surface area contributed by atoms with E-state index in [0.717, 1.165) is 20.7 Å². The molecule has 198 valence electrons. The standard InChI is InChI=1S/C30H27N3O3S3/c1-3-33(24-12-8-5-9-13-24)39(35,36)26-17-14-23(15-18-26)29(34)32(21-22-10-6-4-7-11-22)30-31-27-19-16-25(37-2)20-28(27)38-30/h4-20H,3,21H2,1-2H3. The number of nitrogens with zero attached hydrogens (tertiary/aromatic N) is 3. The molecule has 0 atom stereocenters. The number of benzene rings is 4. The average Bonchev–Trinajstić information content (AvgIpc) is 3.40. The van der Waals surface area contributed by atoms with Crippen LogP contribution in [0.4, 0.5) is 10.8 Å². The Hall–Kier alpha value is -3.66. The van der Waals surface area contributed by atoms with Crippen LogP contribution in [0.15, 0.2) is 113 Å². The molecule has 0 fully saturated rings. The predicted octanol–water partition coefficient (Wildman–Crippen LogP) is 7.08. The number of thiazole rings is 1. The Kier molecular flexibility index (Phi) is 8.02. The molecular weight excluding hydrogens is 547 g/mol. The van der Waals surface area contributed by atoms with E-state index in [9.17, 15) is 13.2 Å². The monoisotopic (exact) mass is 573 g/mol. The summed E-state index contributed by atoms with van der Waals surface area (Å²) in [6.45, 7) is 2.42. The summed E-state index contributed by atoms with van der Waals surface area (Å²) in [6, 6.07) is 31.0. The van der Waals surface area contributed by atoms with Crippen LogP contribution in [-0.2, 0) is 16.6 Å². The van der Waals surface area contributed by atoms with Crippen molar-refractivity contribution < 1.29 is 13.2 Å². The number of carbonyl (C=O) groups is 1. The number of rotatable bonds is 9. The van der Waals surface area contributed by atoms with Crippen LogP contribution in [0.25, 0.3) is 10.2 Å². The zero-order valence-corrected chi connectivity index (χ0v) is 24.0. The Morgan fingerprint density at radius 1 is 0.897 bits per heavy atom. The second-order valence-electron chi connectivity index (χ2n) is 8.74. The third-order valence-electron chi connectivity index (χ3n) is 6.26. The second kappa shape index (κ2) is 11.6. The summed E-state index contributed by atoms with van der Waals surface area (Å²) in [6.07, 6.45) is 2.03. The molecule has 0 radical (unpaired) electrons. The van der Waals surface area contributed by atoms with Gasteiger partial charge < -0.3 is 0 Å². The summed E-state index contributed by atoms with van der Waals surface area (Å²) < 4.78 is 29.2. The van der Waals surface area contributed by atoms with E-state index in [0.29, 0.717) is 22.9 Å². The lowest BCUT2D eigenvalue weighted by molar-refractivity contribution is 0.0985. The van der Waals surface area contributed by atoms with Gasteiger partial charge in [0.05, 0.1) is 27.3 Å². The Morgan fingerprint density at radius 2 is 1.56 bits per heavy atom. The SMILES string of the molecule is CCN(c1ccccc1)S(=O)(=O)c1ccc(C(=O)N(Cc2ccccc2)c2nc3ccc(SC)cc3s2)cc1. The molecule has 0 unspecified atom stereocenters. The van der Waals surface area contributed by atoms with Crippen molar-refractivity contribution in [1.29, 1.82) is 0 Å². The largest absolute Gasteiger partial charge is 0.279 e. The third kappa shape index (κ3) is 5.71. The number of para-hydroxylation sites is 1. The van der Waals surface area contributed by atoms with Crippen LogP contribution in [0.2, 0.25) is 0 Å². The number of sulfonamides is 1. The first-order valence-corrected chi connectivity index (χ1v) is 15.9. The molecule has 1 heterocycles. The number of carbonyl (C=O) groups excluding carboxylic acids is 1. The third-order valence-corrected chi connectivity index (χ3v) is 9.95. The fourth-order valence-corrected chi connectivity index (χ4v) is 7.26. The van der Waals surface area contributed by atoms with Gasteiger partial charge in [0.25, 0.3) is 15.9 Å². The molecule has 5 rings (SSSR count). The van der Waals surface area contributed by atoms with Crippen molar-refractivity contribution in [3.05, 3.63) is 114 Å². The van der Waals surface area contributed by atoms with E-state index in [1.165, 1.54) is 27.8 Å². The molecule has 0 N–H and O–H groups in total. The lowest BCUT2D eigenvalue weighted by Gasteiger charge is -2.23. The summed E-state index contributed by atoms with van der Waals surface area (Å²) in [5, 5.41) is 0.593. The molecule has 1 aromatic heterocycles. The molecule has 0 saturated carbocycles. The molecule has 39 heavy (non-hydrogen) atoms. The van der Waals surface area contributed by atoms with Gasteiger partial charge in [0.1, 0.15) is 0 Å². The summed E-state index contributed by atoms with van der Waals surface area (Å²) in [5.74, 6) is -0.248. The minimum atomic E-state index is -3.80. The minimum Gasteiger partial charge on any atom is -0.279 e. The lowest BCUT2D eigenvalue weighted by atomic mass is 10.1. The van der Waals surface area contributed by atoms with E-state index in [4.69, 9.17) is 4.98 Å². The number of anilines is 2. The van der Waals surface area contributed by atoms with Gasteiger partial charge in [-0.3, -0.25) is 14.0 Å². The number of fused-ring (bicyclic) bond motifs is 1. The van der Waals surface area contributed by atoms with E-state index >= 15 is 0 Å². The molecule has 1 amide bonds. The van der Waals surface area contributed by atoms with Gasteiger partial charge >= 0.3 is 0 Å². The van der Waals surface area contributed by atoms with Crippen LogP contribution in [0, 0.1) is 0 Å². The molecule has 9 heteroatoms. The molecule has 0 aliphatic heterocycles. The summed E-state index contributed by atoms with van der Waals surface area (Å²) in [5.41, 5.74) is 2.78. The van der Waals surface area contributed by atoms with Crippen molar-refractivity contribution in [3.63, 3.8) is 0 Å². The van der Waals surface area contributed by atoms with E-state index in [-0.39, 0.29) is 17.3 Å². The highest BCUT2D eigenvalue weighted by atomic mass is 32.2. The zero-order valence-electron chi connectivity index (χ0n) is 21.5. The highest BCUT2D eigenvalue weighted by Gasteiger charge is 2.26. The smallest absolute Gasteiger partial charge is 0.264 e. The topological polar surface area (TPSA) is 70.6 Å². The summed E-state index contributed by atoms with van der Waals surface area (Å²) in [7, 11) is -3.80. The van der Waals surface area contributed by atoms with Gasteiger partial charge in [-0.1, -0.05) is 59.9 Å². The van der Waals surface area contributed by atoms with E-state index < -0.39 is 10.0 Å². The maximum absolute atomic E-state index is 13.9. The molecular formula is C30H27N3O3S3. The molecule has 6 nitrogen and oxygen atoms in total. The second-order valence-corrected chi connectivity index (χ2v) is 12.5. The van der Waals surface area contributed by atoms with E-state index in [2.05, 4.69) is 6.07 Å². The Labute approximate surface area is 237 Å². The molecule has 0 aliphatic rings. The van der Waals surface area contributed by atoms with Crippen LogP contribution in [-0.4, -0.2) is 32.1 Å². The summed E-state index contributed by atoms with van der Waals surface area (Å²) in [4.78, 5) is 21.5. The molecule has 0 saturated heterocycles. The quantitative estimate of drug-likeness (QED) is 0.176. The van der Waals surface area contributed by atoms with Crippen molar-refractivity contribution in [1.82, 2.24) is 4.98 Å². The van der Waals surface area contributed by atoms with Crippen LogP contribution in [0.5, 0.6) is 0 Å². The Balaban J connectivity index is 1.48. The minimum absolute atomic E-state index is 0.129. The number of hydrogen-bond acceptors (Lipinski definition) is 6. The van der Waals surface area contributed by atoms with E-state index in [1.54, 1.807) is 60.0 Å². The number of aromatic nitrogens is 1. The Bertz CT molecular complexity index is 1690. The van der Waals surface area contributed by atoms with Gasteiger partial charge in [-0.05, 0) is 73.3 Å². The van der Waals surface area contributed by atoms with Gasteiger partial charge in [0.2, 0.25) is 0 Å². The zero-order chi connectivity index (χ0) is 27.4. The predicted molar refractivity (Wildman–Crippen MR) is 161 cm³/mol. The van der Waals surface area contributed by atoms with Crippen molar-refractivity contribution in [2.24, 2.45) is 0 Å². The maximum Gasteiger partial charge on any atom is 0.264 e. The first-order chi connectivity index (χ1) is 18.9. The van der Waals surface area contributed by atoms with Gasteiger partial charge in [-0.25, -0.2) is 13.4 Å². The number of thioether (sulfide) groups is 1. The number of amides is 1. The van der Waals surface area contributed by atoms with Crippen LogP contribution >= 0.6 is 23.1 Å². The lowest BCUT2D eigenvalue weighted by Crippen LogP contribution is -2.31. The first kappa shape index (κ1) is 26.9. The number of hydrogen-bond donors (Lipinski definition) is 0. The van der Waals surface area contributed by atoms with Crippen molar-refractivity contribution in [2.75, 3.05) is 22.0 Å². The Morgan fingerprint density at radius 3 is 2.21 bits per heavy atom. The fraction of sp³-hybridized carbons (Fsp3) is 0.133. The fourth-order valence-electron chi connectivity index (χ4n) is 4.27. The molecule has 5 aromatic rings.